The van der Waals surface area contributed by atoms with Gasteiger partial charge in [0, 0.05) is 32.3 Å². The Bertz CT molecular complexity index is 1020. The van der Waals surface area contributed by atoms with Crippen LogP contribution in [0.3, 0.4) is 0 Å². The fourth-order valence-electron chi connectivity index (χ4n) is 3.39. The molecule has 29 heavy (non-hydrogen) atoms. The third kappa shape index (κ3) is 4.86. The van der Waals surface area contributed by atoms with Gasteiger partial charge >= 0.3 is 0 Å². The van der Waals surface area contributed by atoms with E-state index in [0.29, 0.717) is 18.0 Å². The van der Waals surface area contributed by atoms with E-state index >= 15 is 0 Å². The molecular formula is C22H26N2O4S. The molecule has 1 heterocycles. The van der Waals surface area contributed by atoms with Crippen molar-refractivity contribution in [2.24, 2.45) is 0 Å². The fraction of sp³-hybridized carbons (Fsp3) is 0.318. The molecule has 1 aliphatic heterocycles. The van der Waals surface area contributed by atoms with E-state index in [9.17, 15) is 13.2 Å². The van der Waals surface area contributed by atoms with Crippen molar-refractivity contribution in [3.05, 3.63) is 65.2 Å². The minimum absolute atomic E-state index is 0.128. The molecule has 0 N–H and O–H groups in total. The lowest BCUT2D eigenvalue weighted by atomic mass is 10.2. The second-order valence-electron chi connectivity index (χ2n) is 7.11. The Hall–Kier alpha value is -2.64. The molecule has 1 saturated heterocycles. The van der Waals surface area contributed by atoms with Gasteiger partial charge in [0.25, 0.3) is 0 Å². The van der Waals surface area contributed by atoms with Gasteiger partial charge in [-0.1, -0.05) is 29.8 Å². The standard InChI is InChI=1S/C22H26N2O4S/c1-17-7-9-21(18(2)15-17)29(26,27)24-13-11-23(12-14-24)22(25)10-8-19-5-4-6-20(16-19)28-3/h4-10,15-16H,11-14H2,1-3H3/b10-8+. The van der Waals surface area contributed by atoms with E-state index in [4.69, 9.17) is 4.74 Å². The summed E-state index contributed by atoms with van der Waals surface area (Å²) >= 11 is 0. The Morgan fingerprint density at radius 3 is 2.41 bits per heavy atom. The molecule has 1 aliphatic rings. The molecular weight excluding hydrogens is 388 g/mol. The zero-order chi connectivity index (χ0) is 21.0. The number of rotatable bonds is 5. The number of carbonyl (C=O) groups is 1. The maximum absolute atomic E-state index is 13.0. The maximum atomic E-state index is 13.0. The van der Waals surface area contributed by atoms with Gasteiger partial charge in [-0.05, 0) is 49.2 Å². The highest BCUT2D eigenvalue weighted by atomic mass is 32.2. The van der Waals surface area contributed by atoms with Crippen LogP contribution >= 0.6 is 0 Å². The van der Waals surface area contributed by atoms with Crippen molar-refractivity contribution in [3.63, 3.8) is 0 Å². The molecule has 0 atom stereocenters. The van der Waals surface area contributed by atoms with Gasteiger partial charge < -0.3 is 9.64 Å². The van der Waals surface area contributed by atoms with Gasteiger partial charge in [-0.3, -0.25) is 4.79 Å². The third-order valence-corrected chi connectivity index (χ3v) is 7.07. The normalized spacial score (nSPS) is 15.6. The summed E-state index contributed by atoms with van der Waals surface area (Å²) in [5.74, 6) is 0.598. The van der Waals surface area contributed by atoms with Crippen LogP contribution in [0.15, 0.2) is 53.4 Å². The number of amides is 1. The molecule has 0 aromatic heterocycles. The van der Waals surface area contributed by atoms with Crippen LogP contribution in [0.2, 0.25) is 0 Å². The summed E-state index contributed by atoms with van der Waals surface area (Å²) in [6.07, 6.45) is 3.26. The summed E-state index contributed by atoms with van der Waals surface area (Å²) in [6, 6.07) is 12.8. The topological polar surface area (TPSA) is 66.9 Å². The lowest BCUT2D eigenvalue weighted by Gasteiger charge is -2.33. The van der Waals surface area contributed by atoms with Crippen LogP contribution in [0, 0.1) is 13.8 Å². The zero-order valence-corrected chi connectivity index (χ0v) is 17.8. The van der Waals surface area contributed by atoms with Gasteiger partial charge in [0.15, 0.2) is 0 Å². The van der Waals surface area contributed by atoms with E-state index < -0.39 is 10.0 Å². The number of benzene rings is 2. The summed E-state index contributed by atoms with van der Waals surface area (Å²) in [5, 5.41) is 0. The quantitative estimate of drug-likeness (QED) is 0.706. The largest absolute Gasteiger partial charge is 0.497 e. The first-order valence-corrected chi connectivity index (χ1v) is 10.9. The van der Waals surface area contributed by atoms with Gasteiger partial charge in [-0.2, -0.15) is 4.31 Å². The van der Waals surface area contributed by atoms with E-state index in [1.165, 1.54) is 10.4 Å². The van der Waals surface area contributed by atoms with Crippen molar-refractivity contribution >= 4 is 22.0 Å². The molecule has 0 bridgehead atoms. The molecule has 7 heteroatoms. The van der Waals surface area contributed by atoms with E-state index in [1.54, 1.807) is 24.2 Å². The SMILES string of the molecule is COc1cccc(/C=C/C(=O)N2CCN(S(=O)(=O)c3ccc(C)cc3C)CC2)c1. The molecule has 1 amide bonds. The smallest absolute Gasteiger partial charge is 0.246 e. The van der Waals surface area contributed by atoms with Gasteiger partial charge in [0.1, 0.15) is 5.75 Å². The van der Waals surface area contributed by atoms with Crippen molar-refractivity contribution in [1.29, 1.82) is 0 Å². The maximum Gasteiger partial charge on any atom is 0.246 e. The Morgan fingerprint density at radius 2 is 1.76 bits per heavy atom. The van der Waals surface area contributed by atoms with Crippen LogP contribution in [0.1, 0.15) is 16.7 Å². The first-order valence-electron chi connectivity index (χ1n) is 9.50. The van der Waals surface area contributed by atoms with Crippen LogP contribution in [0.5, 0.6) is 5.75 Å². The summed E-state index contributed by atoms with van der Waals surface area (Å²) in [6.45, 7) is 5.05. The van der Waals surface area contributed by atoms with Crippen LogP contribution < -0.4 is 4.74 Å². The minimum atomic E-state index is -3.56. The highest BCUT2D eigenvalue weighted by Gasteiger charge is 2.30. The highest BCUT2D eigenvalue weighted by molar-refractivity contribution is 7.89. The van der Waals surface area contributed by atoms with Crippen LogP contribution in [-0.2, 0) is 14.8 Å². The average molecular weight is 415 g/mol. The number of aryl methyl sites for hydroxylation is 2. The number of carbonyl (C=O) groups excluding carboxylic acids is 1. The predicted octanol–water partition coefficient (Wildman–Crippen LogP) is 2.86. The third-order valence-electron chi connectivity index (χ3n) is 5.01. The average Bonchev–Trinajstić information content (AvgIpc) is 2.72. The Kier molecular flexibility index (Phi) is 6.39. The molecule has 2 aromatic carbocycles. The number of methoxy groups -OCH3 is 1. The number of piperazine rings is 1. The second-order valence-corrected chi connectivity index (χ2v) is 9.01. The number of sulfonamides is 1. The van der Waals surface area contributed by atoms with E-state index in [0.717, 1.165) is 22.4 Å². The van der Waals surface area contributed by atoms with Crippen molar-refractivity contribution < 1.29 is 17.9 Å². The number of hydrogen-bond acceptors (Lipinski definition) is 4. The zero-order valence-electron chi connectivity index (χ0n) is 17.0. The van der Waals surface area contributed by atoms with Gasteiger partial charge in [0.05, 0.1) is 12.0 Å². The molecule has 0 saturated carbocycles. The number of nitrogens with zero attached hydrogens (tertiary/aromatic N) is 2. The first kappa shape index (κ1) is 21.1. The number of hydrogen-bond donors (Lipinski definition) is 0. The van der Waals surface area contributed by atoms with Crippen molar-refractivity contribution in [2.45, 2.75) is 18.7 Å². The molecule has 6 nitrogen and oxygen atoms in total. The van der Waals surface area contributed by atoms with Gasteiger partial charge in [0.2, 0.25) is 15.9 Å². The molecule has 1 fully saturated rings. The second kappa shape index (κ2) is 8.80. The molecule has 3 rings (SSSR count). The Balaban J connectivity index is 1.63. The van der Waals surface area contributed by atoms with E-state index in [-0.39, 0.29) is 19.0 Å². The monoisotopic (exact) mass is 414 g/mol. The minimum Gasteiger partial charge on any atom is -0.497 e. The van der Waals surface area contributed by atoms with Crippen LogP contribution in [0.25, 0.3) is 6.08 Å². The lowest BCUT2D eigenvalue weighted by Crippen LogP contribution is -2.50. The highest BCUT2D eigenvalue weighted by Crippen LogP contribution is 2.22. The molecule has 154 valence electrons. The van der Waals surface area contributed by atoms with Crippen LogP contribution in [-0.4, -0.2) is 56.8 Å². The van der Waals surface area contributed by atoms with E-state index in [2.05, 4.69) is 0 Å². The molecule has 0 radical (unpaired) electrons. The molecule has 0 aliphatic carbocycles. The van der Waals surface area contributed by atoms with Crippen LogP contribution in [0.4, 0.5) is 0 Å². The summed E-state index contributed by atoms with van der Waals surface area (Å²) in [4.78, 5) is 14.5. The predicted molar refractivity (Wildman–Crippen MR) is 113 cm³/mol. The molecule has 2 aromatic rings. The number of ether oxygens (including phenoxy) is 1. The Morgan fingerprint density at radius 1 is 1.03 bits per heavy atom. The lowest BCUT2D eigenvalue weighted by molar-refractivity contribution is -0.127. The molecule has 0 spiro atoms. The van der Waals surface area contributed by atoms with E-state index in [1.807, 2.05) is 50.2 Å². The fourth-order valence-corrected chi connectivity index (χ4v) is 5.02. The Labute approximate surface area is 172 Å². The van der Waals surface area contributed by atoms with Crippen molar-refractivity contribution in [2.75, 3.05) is 33.3 Å². The molecule has 0 unspecified atom stereocenters. The summed E-state index contributed by atoms with van der Waals surface area (Å²) in [5.41, 5.74) is 2.64. The summed E-state index contributed by atoms with van der Waals surface area (Å²) in [7, 11) is -1.96. The first-order chi connectivity index (χ1) is 13.8. The van der Waals surface area contributed by atoms with Crippen molar-refractivity contribution in [3.8, 4) is 5.75 Å². The van der Waals surface area contributed by atoms with Gasteiger partial charge in [-0.25, -0.2) is 8.42 Å². The van der Waals surface area contributed by atoms with Gasteiger partial charge in [-0.15, -0.1) is 0 Å². The summed E-state index contributed by atoms with van der Waals surface area (Å²) < 4.78 is 32.6. The van der Waals surface area contributed by atoms with Crippen molar-refractivity contribution in [1.82, 2.24) is 9.21 Å².